The molecule has 2 N–H and O–H groups in total. The van der Waals surface area contributed by atoms with Crippen molar-refractivity contribution in [2.45, 2.75) is 31.2 Å². The van der Waals surface area contributed by atoms with Gasteiger partial charge in [-0.05, 0) is 61.9 Å². The highest BCUT2D eigenvalue weighted by molar-refractivity contribution is 7.92. The van der Waals surface area contributed by atoms with E-state index in [9.17, 15) is 22.4 Å². The quantitative estimate of drug-likeness (QED) is 0.424. The molecule has 0 bridgehead atoms. The summed E-state index contributed by atoms with van der Waals surface area (Å²) < 4.78 is 52.9. The van der Waals surface area contributed by atoms with E-state index in [0.717, 1.165) is 22.9 Å². The largest absolute Gasteiger partial charge is 0.486 e. The molecule has 0 spiro atoms. The number of halogens is 1. The molecule has 0 saturated heterocycles. The van der Waals surface area contributed by atoms with Gasteiger partial charge in [-0.25, -0.2) is 12.8 Å². The third-order valence-corrected chi connectivity index (χ3v) is 7.71. The van der Waals surface area contributed by atoms with Crippen LogP contribution in [0.15, 0.2) is 71.6 Å². The molecule has 38 heavy (non-hydrogen) atoms. The fourth-order valence-corrected chi connectivity index (χ4v) is 5.18. The summed E-state index contributed by atoms with van der Waals surface area (Å²) in [4.78, 5) is 25.8. The van der Waals surface area contributed by atoms with Crippen molar-refractivity contribution in [3.05, 3.63) is 78.1 Å². The molecule has 1 heterocycles. The summed E-state index contributed by atoms with van der Waals surface area (Å²) in [5, 5.41) is 5.49. The minimum Gasteiger partial charge on any atom is -0.486 e. The molecular formula is C27H28FN3O6S. The van der Waals surface area contributed by atoms with Gasteiger partial charge in [-0.15, -0.1) is 0 Å². The van der Waals surface area contributed by atoms with E-state index in [4.69, 9.17) is 9.47 Å². The Morgan fingerprint density at radius 2 is 1.68 bits per heavy atom. The zero-order valence-corrected chi connectivity index (χ0v) is 21.8. The average Bonchev–Trinajstić information content (AvgIpc) is 2.92. The second-order valence-electron chi connectivity index (χ2n) is 8.67. The van der Waals surface area contributed by atoms with E-state index in [1.54, 1.807) is 24.3 Å². The number of fused-ring (bicyclic) bond motifs is 1. The predicted octanol–water partition coefficient (Wildman–Crippen LogP) is 3.96. The fraction of sp³-hybridized carbons (Fsp3) is 0.259. The van der Waals surface area contributed by atoms with Crippen LogP contribution >= 0.6 is 0 Å². The molecule has 0 aliphatic carbocycles. The standard InChI is InChI=1S/C27H28FN3O6S/c1-3-18(2)29-27(33)22-6-4-5-7-23(22)30-26(32)17-31(20-10-8-19(28)9-11-20)38(34,35)21-12-13-24-25(16-21)37-15-14-36-24/h4-13,16,18H,3,14-15,17H2,1-2H3,(H,29,33)(H,30,32)/t18-/m0/s1. The molecule has 200 valence electrons. The number of hydrogen-bond acceptors (Lipinski definition) is 6. The molecule has 3 aromatic carbocycles. The topological polar surface area (TPSA) is 114 Å². The monoisotopic (exact) mass is 541 g/mol. The summed E-state index contributed by atoms with van der Waals surface area (Å²) in [6.45, 7) is 3.78. The van der Waals surface area contributed by atoms with Crippen molar-refractivity contribution in [3.8, 4) is 11.5 Å². The molecule has 0 saturated carbocycles. The highest BCUT2D eigenvalue weighted by Gasteiger charge is 2.29. The minimum atomic E-state index is -4.30. The van der Waals surface area contributed by atoms with E-state index in [2.05, 4.69) is 10.6 Å². The number of nitrogens with zero attached hydrogens (tertiary/aromatic N) is 1. The van der Waals surface area contributed by atoms with Gasteiger partial charge in [-0.1, -0.05) is 19.1 Å². The van der Waals surface area contributed by atoms with Gasteiger partial charge in [0.05, 0.1) is 21.8 Å². The number of benzene rings is 3. The first-order chi connectivity index (χ1) is 18.2. The normalized spacial score (nSPS) is 13.3. The Labute approximate surface area is 220 Å². The molecule has 0 unspecified atom stereocenters. The molecule has 0 aromatic heterocycles. The van der Waals surface area contributed by atoms with Gasteiger partial charge in [0.25, 0.3) is 15.9 Å². The number of sulfonamides is 1. The maximum absolute atomic E-state index is 13.7. The average molecular weight is 542 g/mol. The van der Waals surface area contributed by atoms with Crippen LogP contribution in [0.5, 0.6) is 11.5 Å². The van der Waals surface area contributed by atoms with Crippen LogP contribution in [0.1, 0.15) is 30.6 Å². The smallest absolute Gasteiger partial charge is 0.264 e. The predicted molar refractivity (Wildman–Crippen MR) is 141 cm³/mol. The van der Waals surface area contributed by atoms with Crippen LogP contribution in [-0.4, -0.2) is 46.0 Å². The Morgan fingerprint density at radius 1 is 1.00 bits per heavy atom. The lowest BCUT2D eigenvalue weighted by molar-refractivity contribution is -0.114. The van der Waals surface area contributed by atoms with Crippen molar-refractivity contribution in [3.63, 3.8) is 0 Å². The van der Waals surface area contributed by atoms with Crippen molar-refractivity contribution in [1.29, 1.82) is 0 Å². The molecule has 1 aliphatic heterocycles. The number of anilines is 2. The van der Waals surface area contributed by atoms with Crippen LogP contribution in [-0.2, 0) is 14.8 Å². The van der Waals surface area contributed by atoms with Gasteiger partial charge in [-0.3, -0.25) is 13.9 Å². The Kier molecular flexibility index (Phi) is 8.16. The van der Waals surface area contributed by atoms with Gasteiger partial charge in [0.1, 0.15) is 25.6 Å². The first kappa shape index (κ1) is 26.9. The van der Waals surface area contributed by atoms with E-state index in [0.29, 0.717) is 12.4 Å². The van der Waals surface area contributed by atoms with E-state index in [1.807, 2.05) is 13.8 Å². The van der Waals surface area contributed by atoms with E-state index >= 15 is 0 Å². The SMILES string of the molecule is CC[C@H](C)NC(=O)c1ccccc1NC(=O)CN(c1ccc(F)cc1)S(=O)(=O)c1ccc2c(c1)OCCO2. The molecule has 1 aliphatic rings. The highest BCUT2D eigenvalue weighted by Crippen LogP contribution is 2.34. The second-order valence-corrected chi connectivity index (χ2v) is 10.5. The summed E-state index contributed by atoms with van der Waals surface area (Å²) in [7, 11) is -4.30. The van der Waals surface area contributed by atoms with Gasteiger partial charge < -0.3 is 20.1 Å². The van der Waals surface area contributed by atoms with Crippen molar-refractivity contribution in [1.82, 2.24) is 5.32 Å². The number of ether oxygens (including phenoxy) is 2. The Morgan fingerprint density at radius 3 is 2.39 bits per heavy atom. The molecule has 0 fully saturated rings. The summed E-state index contributed by atoms with van der Waals surface area (Å²) in [6.07, 6.45) is 0.727. The molecule has 0 radical (unpaired) electrons. The van der Waals surface area contributed by atoms with Crippen molar-refractivity contribution in [2.24, 2.45) is 0 Å². The zero-order valence-electron chi connectivity index (χ0n) is 20.9. The zero-order chi connectivity index (χ0) is 27.3. The van der Waals surface area contributed by atoms with Gasteiger partial charge in [0.15, 0.2) is 11.5 Å². The summed E-state index contributed by atoms with van der Waals surface area (Å²) in [5.41, 5.74) is 0.553. The maximum atomic E-state index is 13.7. The number of para-hydroxylation sites is 1. The van der Waals surface area contributed by atoms with E-state index in [1.165, 1.54) is 30.3 Å². The molecule has 9 nitrogen and oxygen atoms in total. The third-order valence-electron chi connectivity index (χ3n) is 5.94. The molecule has 1 atom stereocenters. The minimum absolute atomic E-state index is 0.0728. The lowest BCUT2D eigenvalue weighted by Gasteiger charge is -2.25. The van der Waals surface area contributed by atoms with Crippen LogP contribution in [0.2, 0.25) is 0 Å². The Hall–Kier alpha value is -4.12. The van der Waals surface area contributed by atoms with E-state index < -0.39 is 28.3 Å². The first-order valence-corrected chi connectivity index (χ1v) is 13.5. The lowest BCUT2D eigenvalue weighted by Crippen LogP contribution is -2.38. The number of amides is 2. The van der Waals surface area contributed by atoms with Crippen LogP contribution < -0.4 is 24.4 Å². The third kappa shape index (κ3) is 6.05. The molecule has 11 heteroatoms. The van der Waals surface area contributed by atoms with Crippen molar-refractivity contribution < 1.29 is 31.9 Å². The van der Waals surface area contributed by atoms with Crippen LogP contribution in [0.3, 0.4) is 0 Å². The van der Waals surface area contributed by atoms with Crippen molar-refractivity contribution in [2.75, 3.05) is 29.4 Å². The molecule has 3 aromatic rings. The number of nitrogens with one attached hydrogen (secondary N) is 2. The van der Waals surface area contributed by atoms with Gasteiger partial charge >= 0.3 is 0 Å². The number of carbonyl (C=O) groups is 2. The number of hydrogen-bond donors (Lipinski definition) is 2. The molecule has 2 amide bonds. The highest BCUT2D eigenvalue weighted by atomic mass is 32.2. The Bertz CT molecular complexity index is 1430. The molecule has 4 rings (SSSR count). The van der Waals surface area contributed by atoms with Gasteiger partial charge in [0, 0.05) is 12.1 Å². The Balaban J connectivity index is 1.63. The second kappa shape index (κ2) is 11.5. The van der Waals surface area contributed by atoms with E-state index in [-0.39, 0.29) is 46.1 Å². The maximum Gasteiger partial charge on any atom is 0.264 e. The van der Waals surface area contributed by atoms with Crippen molar-refractivity contribution >= 4 is 33.2 Å². The van der Waals surface area contributed by atoms with Crippen LogP contribution in [0.25, 0.3) is 0 Å². The number of rotatable bonds is 9. The van der Waals surface area contributed by atoms with Gasteiger partial charge in [-0.2, -0.15) is 0 Å². The van der Waals surface area contributed by atoms with Crippen LogP contribution in [0, 0.1) is 5.82 Å². The lowest BCUT2D eigenvalue weighted by atomic mass is 10.1. The number of carbonyl (C=O) groups excluding carboxylic acids is 2. The summed E-state index contributed by atoms with van der Waals surface area (Å²) in [5.74, 6) is -0.944. The van der Waals surface area contributed by atoms with Crippen LogP contribution in [0.4, 0.5) is 15.8 Å². The molecular weight excluding hydrogens is 513 g/mol. The summed E-state index contributed by atoms with van der Waals surface area (Å²) in [6, 6.07) is 15.3. The first-order valence-electron chi connectivity index (χ1n) is 12.1. The summed E-state index contributed by atoms with van der Waals surface area (Å²) >= 11 is 0. The van der Waals surface area contributed by atoms with Gasteiger partial charge in [0.2, 0.25) is 5.91 Å². The fourth-order valence-electron chi connectivity index (χ4n) is 3.75.